The number of rotatable bonds is 5. The molecular weight excluding hydrogens is 288 g/mol. The SMILES string of the molecule is c1ccc(CN2CCC[C@@H]2[C@@H]2CCCN2CC2OCCO2)cc1. The summed E-state index contributed by atoms with van der Waals surface area (Å²) in [6.07, 6.45) is 5.30. The molecule has 4 rings (SSSR count). The van der Waals surface area contributed by atoms with E-state index < -0.39 is 0 Å². The Bertz CT molecular complexity index is 489. The van der Waals surface area contributed by atoms with Crippen molar-refractivity contribution >= 4 is 0 Å². The van der Waals surface area contributed by atoms with Crippen molar-refractivity contribution in [2.24, 2.45) is 0 Å². The third-order valence-electron chi connectivity index (χ3n) is 5.58. The lowest BCUT2D eigenvalue weighted by Gasteiger charge is -2.35. The summed E-state index contributed by atoms with van der Waals surface area (Å²) in [6.45, 7) is 5.98. The number of nitrogens with zero attached hydrogens (tertiary/aromatic N) is 2. The van der Waals surface area contributed by atoms with Crippen LogP contribution in [0.3, 0.4) is 0 Å². The van der Waals surface area contributed by atoms with Crippen LogP contribution in [-0.2, 0) is 16.0 Å². The summed E-state index contributed by atoms with van der Waals surface area (Å²) in [4.78, 5) is 5.33. The van der Waals surface area contributed by atoms with Crippen molar-refractivity contribution in [3.05, 3.63) is 35.9 Å². The van der Waals surface area contributed by atoms with Crippen molar-refractivity contribution in [3.8, 4) is 0 Å². The van der Waals surface area contributed by atoms with E-state index in [1.165, 1.54) is 44.3 Å². The molecule has 4 heteroatoms. The molecular formula is C19H28N2O2. The monoisotopic (exact) mass is 316 g/mol. The van der Waals surface area contributed by atoms with Crippen LogP contribution in [-0.4, -0.2) is 61.0 Å². The smallest absolute Gasteiger partial charge is 0.170 e. The number of hydrogen-bond acceptors (Lipinski definition) is 4. The van der Waals surface area contributed by atoms with E-state index in [9.17, 15) is 0 Å². The number of hydrogen-bond donors (Lipinski definition) is 0. The zero-order valence-electron chi connectivity index (χ0n) is 13.9. The Morgan fingerprint density at radius 1 is 0.870 bits per heavy atom. The molecule has 1 aromatic carbocycles. The van der Waals surface area contributed by atoms with Crippen LogP contribution in [0.25, 0.3) is 0 Å². The Kier molecular flexibility index (Phi) is 4.95. The van der Waals surface area contributed by atoms with Gasteiger partial charge in [-0.2, -0.15) is 0 Å². The van der Waals surface area contributed by atoms with Gasteiger partial charge in [0.15, 0.2) is 6.29 Å². The zero-order valence-corrected chi connectivity index (χ0v) is 13.9. The van der Waals surface area contributed by atoms with Gasteiger partial charge in [-0.25, -0.2) is 0 Å². The van der Waals surface area contributed by atoms with E-state index in [1.807, 2.05) is 0 Å². The Morgan fingerprint density at radius 2 is 1.52 bits per heavy atom. The second-order valence-electron chi connectivity index (χ2n) is 7.04. The third-order valence-corrected chi connectivity index (χ3v) is 5.58. The molecule has 0 saturated carbocycles. The molecule has 3 heterocycles. The van der Waals surface area contributed by atoms with E-state index in [2.05, 4.69) is 40.1 Å². The van der Waals surface area contributed by atoms with Crippen LogP contribution in [0.15, 0.2) is 30.3 Å². The second kappa shape index (κ2) is 7.31. The highest BCUT2D eigenvalue weighted by Gasteiger charge is 2.38. The summed E-state index contributed by atoms with van der Waals surface area (Å²) in [5.41, 5.74) is 1.44. The normalized spacial score (nSPS) is 30.4. The fourth-order valence-corrected chi connectivity index (χ4v) is 4.52. The summed E-state index contributed by atoms with van der Waals surface area (Å²) >= 11 is 0. The molecule has 4 nitrogen and oxygen atoms in total. The van der Waals surface area contributed by atoms with Crippen molar-refractivity contribution in [1.29, 1.82) is 0 Å². The van der Waals surface area contributed by atoms with Gasteiger partial charge in [-0.1, -0.05) is 30.3 Å². The van der Waals surface area contributed by atoms with E-state index >= 15 is 0 Å². The molecule has 0 bridgehead atoms. The highest BCUT2D eigenvalue weighted by molar-refractivity contribution is 5.15. The van der Waals surface area contributed by atoms with Gasteiger partial charge in [0.25, 0.3) is 0 Å². The number of likely N-dealkylation sites (tertiary alicyclic amines) is 2. The fraction of sp³-hybridized carbons (Fsp3) is 0.684. The summed E-state index contributed by atoms with van der Waals surface area (Å²) in [5.74, 6) is 0. The summed E-state index contributed by atoms with van der Waals surface area (Å²) in [6, 6.07) is 12.3. The minimum absolute atomic E-state index is 0.000392. The molecule has 0 aliphatic carbocycles. The van der Waals surface area contributed by atoms with Crippen LogP contribution >= 0.6 is 0 Å². The highest BCUT2D eigenvalue weighted by atomic mass is 16.7. The van der Waals surface area contributed by atoms with Crippen molar-refractivity contribution in [2.45, 2.75) is 50.6 Å². The zero-order chi connectivity index (χ0) is 15.5. The summed E-state index contributed by atoms with van der Waals surface area (Å²) < 4.78 is 11.3. The molecule has 0 N–H and O–H groups in total. The van der Waals surface area contributed by atoms with Crippen LogP contribution in [0.5, 0.6) is 0 Å². The van der Waals surface area contributed by atoms with Crippen molar-refractivity contribution in [2.75, 3.05) is 32.8 Å². The first kappa shape index (κ1) is 15.6. The standard InChI is InChI=1S/C19H28N2O2/c1-2-6-16(7-3-1)14-20-10-4-8-17(20)18-9-5-11-21(18)15-19-22-12-13-23-19/h1-3,6-7,17-19H,4-5,8-15H2/t17-,18+/m1/s1. The highest BCUT2D eigenvalue weighted by Crippen LogP contribution is 2.31. The Morgan fingerprint density at radius 3 is 2.26 bits per heavy atom. The Balaban J connectivity index is 1.40. The average molecular weight is 316 g/mol. The van der Waals surface area contributed by atoms with Crippen LogP contribution < -0.4 is 0 Å². The second-order valence-corrected chi connectivity index (χ2v) is 7.04. The first-order valence-electron chi connectivity index (χ1n) is 9.15. The van der Waals surface area contributed by atoms with Gasteiger partial charge in [-0.3, -0.25) is 9.80 Å². The molecule has 0 amide bonds. The molecule has 0 aromatic heterocycles. The van der Waals surface area contributed by atoms with Gasteiger partial charge in [-0.05, 0) is 44.3 Å². The first-order valence-corrected chi connectivity index (χ1v) is 9.15. The van der Waals surface area contributed by atoms with E-state index in [0.29, 0.717) is 12.1 Å². The quantitative estimate of drug-likeness (QED) is 0.833. The summed E-state index contributed by atoms with van der Waals surface area (Å²) in [5, 5.41) is 0. The van der Waals surface area contributed by atoms with Crippen LogP contribution in [0.1, 0.15) is 31.2 Å². The van der Waals surface area contributed by atoms with Gasteiger partial charge >= 0.3 is 0 Å². The topological polar surface area (TPSA) is 24.9 Å². The Hall–Kier alpha value is -0.940. The molecule has 3 aliphatic heterocycles. The van der Waals surface area contributed by atoms with Gasteiger partial charge < -0.3 is 9.47 Å². The van der Waals surface area contributed by atoms with Crippen LogP contribution in [0, 0.1) is 0 Å². The molecule has 1 aromatic rings. The van der Waals surface area contributed by atoms with E-state index in [0.717, 1.165) is 26.3 Å². The Labute approximate surface area is 139 Å². The number of benzene rings is 1. The minimum atomic E-state index is -0.000392. The lowest BCUT2D eigenvalue weighted by molar-refractivity contribution is -0.0678. The van der Waals surface area contributed by atoms with Crippen molar-refractivity contribution < 1.29 is 9.47 Å². The maximum absolute atomic E-state index is 5.67. The average Bonchev–Trinajstić information content (AvgIpc) is 3.31. The molecule has 126 valence electrons. The van der Waals surface area contributed by atoms with Crippen molar-refractivity contribution in [3.63, 3.8) is 0 Å². The van der Waals surface area contributed by atoms with Gasteiger partial charge in [0.05, 0.1) is 13.2 Å². The molecule has 0 unspecified atom stereocenters. The molecule has 3 fully saturated rings. The molecule has 3 aliphatic rings. The summed E-state index contributed by atoms with van der Waals surface area (Å²) in [7, 11) is 0. The predicted octanol–water partition coefficient (Wildman–Crippen LogP) is 2.49. The maximum atomic E-state index is 5.67. The minimum Gasteiger partial charge on any atom is -0.349 e. The largest absolute Gasteiger partial charge is 0.349 e. The third kappa shape index (κ3) is 3.61. The maximum Gasteiger partial charge on any atom is 0.170 e. The lowest BCUT2D eigenvalue weighted by Crippen LogP contribution is -2.48. The first-order chi connectivity index (χ1) is 11.4. The molecule has 0 radical (unpaired) electrons. The van der Waals surface area contributed by atoms with Gasteiger partial charge in [0, 0.05) is 25.2 Å². The fourth-order valence-electron chi connectivity index (χ4n) is 4.52. The molecule has 0 spiro atoms. The predicted molar refractivity (Wildman–Crippen MR) is 90.2 cm³/mol. The lowest BCUT2D eigenvalue weighted by atomic mass is 10.0. The van der Waals surface area contributed by atoms with Crippen LogP contribution in [0.2, 0.25) is 0 Å². The number of ether oxygens (including phenoxy) is 2. The van der Waals surface area contributed by atoms with Gasteiger partial charge in [0.2, 0.25) is 0 Å². The van der Waals surface area contributed by atoms with E-state index in [1.54, 1.807) is 0 Å². The molecule has 2 atom stereocenters. The van der Waals surface area contributed by atoms with E-state index in [4.69, 9.17) is 9.47 Å². The molecule has 23 heavy (non-hydrogen) atoms. The van der Waals surface area contributed by atoms with Crippen molar-refractivity contribution in [1.82, 2.24) is 9.80 Å². The van der Waals surface area contributed by atoms with E-state index in [-0.39, 0.29) is 6.29 Å². The van der Waals surface area contributed by atoms with Gasteiger partial charge in [-0.15, -0.1) is 0 Å². The molecule has 3 saturated heterocycles. The van der Waals surface area contributed by atoms with Crippen LogP contribution in [0.4, 0.5) is 0 Å². The van der Waals surface area contributed by atoms with Gasteiger partial charge in [0.1, 0.15) is 0 Å².